The van der Waals surface area contributed by atoms with Gasteiger partial charge < -0.3 is 5.73 Å². The summed E-state index contributed by atoms with van der Waals surface area (Å²) in [6.45, 7) is 6.48. The molecule has 1 aromatic carbocycles. The highest BCUT2D eigenvalue weighted by Gasteiger charge is 2.05. The molecule has 66 valence electrons. The van der Waals surface area contributed by atoms with Crippen molar-refractivity contribution in [2.45, 2.75) is 33.1 Å². The summed E-state index contributed by atoms with van der Waals surface area (Å²) in [5.41, 5.74) is 9.51. The van der Waals surface area contributed by atoms with Crippen molar-refractivity contribution in [3.8, 4) is 0 Å². The Morgan fingerprint density at radius 3 is 2.50 bits per heavy atom. The van der Waals surface area contributed by atoms with Crippen LogP contribution in [0.3, 0.4) is 0 Å². The number of para-hydroxylation sites is 1. The van der Waals surface area contributed by atoms with Gasteiger partial charge in [-0.2, -0.15) is 0 Å². The van der Waals surface area contributed by atoms with E-state index in [-0.39, 0.29) is 0 Å². The molecule has 1 rings (SSSR count). The van der Waals surface area contributed by atoms with Crippen LogP contribution in [0.5, 0.6) is 0 Å². The highest BCUT2D eigenvalue weighted by molar-refractivity contribution is 5.54. The molecule has 0 unspecified atom stereocenters. The van der Waals surface area contributed by atoms with E-state index in [1.807, 2.05) is 0 Å². The Morgan fingerprint density at radius 2 is 2.00 bits per heavy atom. The Balaban J connectivity index is 3.14. The van der Waals surface area contributed by atoms with Gasteiger partial charge in [-0.1, -0.05) is 39.0 Å². The number of anilines is 1. The lowest BCUT2D eigenvalue weighted by molar-refractivity contribution is 0.866. The third-order valence-electron chi connectivity index (χ3n) is 2.23. The van der Waals surface area contributed by atoms with Gasteiger partial charge in [0.2, 0.25) is 0 Å². The molecular formula is C11H17N. The minimum Gasteiger partial charge on any atom is -0.398 e. The highest BCUT2D eigenvalue weighted by atomic mass is 14.6. The molecule has 0 bridgehead atoms. The predicted octanol–water partition coefficient (Wildman–Crippen LogP) is 2.95. The molecule has 0 fully saturated rings. The van der Waals surface area contributed by atoms with Gasteiger partial charge in [-0.25, -0.2) is 0 Å². The zero-order chi connectivity index (χ0) is 9.14. The molecule has 0 aliphatic rings. The van der Waals surface area contributed by atoms with E-state index in [1.165, 1.54) is 11.1 Å². The number of benzene rings is 1. The van der Waals surface area contributed by atoms with Crippen molar-refractivity contribution in [2.75, 3.05) is 5.73 Å². The number of nitrogen functional groups attached to an aromatic ring is 1. The first-order chi connectivity index (χ1) is 5.66. The van der Waals surface area contributed by atoms with E-state index >= 15 is 0 Å². The second-order valence-corrected chi connectivity index (χ2v) is 3.43. The van der Waals surface area contributed by atoms with Crippen molar-refractivity contribution in [1.29, 1.82) is 0 Å². The lowest BCUT2D eigenvalue weighted by Crippen LogP contribution is -2.00. The first-order valence-electron chi connectivity index (χ1n) is 4.54. The fourth-order valence-corrected chi connectivity index (χ4v) is 1.44. The molecule has 1 aromatic rings. The first-order valence-corrected chi connectivity index (χ1v) is 4.54. The second-order valence-electron chi connectivity index (χ2n) is 3.43. The quantitative estimate of drug-likeness (QED) is 0.666. The average molecular weight is 163 g/mol. The third kappa shape index (κ3) is 1.60. The van der Waals surface area contributed by atoms with Crippen LogP contribution in [-0.2, 0) is 6.42 Å². The Morgan fingerprint density at radius 1 is 1.33 bits per heavy atom. The monoisotopic (exact) mass is 163 g/mol. The zero-order valence-corrected chi connectivity index (χ0v) is 8.09. The summed E-state index contributed by atoms with van der Waals surface area (Å²) in [6, 6.07) is 6.30. The molecule has 1 nitrogen and oxygen atoms in total. The largest absolute Gasteiger partial charge is 0.398 e. The van der Waals surface area contributed by atoms with Crippen molar-refractivity contribution in [3.05, 3.63) is 29.3 Å². The summed E-state index contributed by atoms with van der Waals surface area (Å²) >= 11 is 0. The van der Waals surface area contributed by atoms with Crippen LogP contribution >= 0.6 is 0 Å². The van der Waals surface area contributed by atoms with Crippen LogP contribution in [0.4, 0.5) is 5.69 Å². The summed E-state index contributed by atoms with van der Waals surface area (Å²) in [5, 5.41) is 0. The van der Waals surface area contributed by atoms with Gasteiger partial charge in [-0.05, 0) is 23.5 Å². The first kappa shape index (κ1) is 9.11. The average Bonchev–Trinajstić information content (AvgIpc) is 2.04. The molecule has 0 amide bonds. The fourth-order valence-electron chi connectivity index (χ4n) is 1.44. The van der Waals surface area contributed by atoms with E-state index in [0.29, 0.717) is 5.92 Å². The topological polar surface area (TPSA) is 26.0 Å². The van der Waals surface area contributed by atoms with Crippen LogP contribution in [0, 0.1) is 0 Å². The van der Waals surface area contributed by atoms with E-state index < -0.39 is 0 Å². The van der Waals surface area contributed by atoms with E-state index in [1.54, 1.807) is 0 Å². The number of hydrogen-bond acceptors (Lipinski definition) is 1. The van der Waals surface area contributed by atoms with E-state index in [2.05, 4.69) is 39.0 Å². The van der Waals surface area contributed by atoms with Gasteiger partial charge in [0.15, 0.2) is 0 Å². The molecule has 0 aromatic heterocycles. The number of aryl methyl sites for hydroxylation is 1. The molecule has 0 saturated carbocycles. The number of hydrogen-bond donors (Lipinski definition) is 1. The van der Waals surface area contributed by atoms with Crippen LogP contribution in [-0.4, -0.2) is 0 Å². The van der Waals surface area contributed by atoms with Crippen molar-refractivity contribution in [2.24, 2.45) is 0 Å². The molecule has 0 spiro atoms. The summed E-state index contributed by atoms with van der Waals surface area (Å²) in [4.78, 5) is 0. The maximum Gasteiger partial charge on any atom is 0.0381 e. The minimum absolute atomic E-state index is 0.525. The van der Waals surface area contributed by atoms with E-state index in [9.17, 15) is 0 Å². The molecule has 0 aliphatic heterocycles. The normalized spacial score (nSPS) is 10.7. The van der Waals surface area contributed by atoms with Crippen molar-refractivity contribution in [1.82, 2.24) is 0 Å². The molecule has 0 atom stereocenters. The Bertz CT molecular complexity index is 264. The van der Waals surface area contributed by atoms with Gasteiger partial charge >= 0.3 is 0 Å². The van der Waals surface area contributed by atoms with Gasteiger partial charge in [-0.15, -0.1) is 0 Å². The van der Waals surface area contributed by atoms with Crippen LogP contribution in [0.15, 0.2) is 18.2 Å². The minimum atomic E-state index is 0.525. The fraction of sp³-hybridized carbons (Fsp3) is 0.455. The third-order valence-corrected chi connectivity index (χ3v) is 2.23. The van der Waals surface area contributed by atoms with Gasteiger partial charge in [0, 0.05) is 5.69 Å². The molecular weight excluding hydrogens is 146 g/mol. The van der Waals surface area contributed by atoms with E-state index in [0.717, 1.165) is 12.1 Å². The van der Waals surface area contributed by atoms with Crippen LogP contribution in [0.25, 0.3) is 0 Å². The number of rotatable bonds is 2. The molecule has 0 aliphatic carbocycles. The molecule has 12 heavy (non-hydrogen) atoms. The zero-order valence-electron chi connectivity index (χ0n) is 8.09. The lowest BCUT2D eigenvalue weighted by atomic mass is 9.97. The second kappa shape index (κ2) is 3.61. The maximum atomic E-state index is 5.99. The molecule has 0 heterocycles. The Hall–Kier alpha value is -0.980. The van der Waals surface area contributed by atoms with Crippen molar-refractivity contribution >= 4 is 5.69 Å². The summed E-state index contributed by atoms with van der Waals surface area (Å²) < 4.78 is 0. The smallest absolute Gasteiger partial charge is 0.0381 e. The van der Waals surface area contributed by atoms with Crippen LogP contribution < -0.4 is 5.73 Å². The van der Waals surface area contributed by atoms with Gasteiger partial charge in [0.1, 0.15) is 0 Å². The van der Waals surface area contributed by atoms with Gasteiger partial charge in [-0.3, -0.25) is 0 Å². The van der Waals surface area contributed by atoms with Gasteiger partial charge in [0.05, 0.1) is 0 Å². The Labute approximate surface area is 74.6 Å². The van der Waals surface area contributed by atoms with Crippen LogP contribution in [0.2, 0.25) is 0 Å². The standard InChI is InChI=1S/C11H17N/c1-4-9-6-5-7-10(8(2)3)11(9)12/h5-8H,4,12H2,1-3H3. The highest BCUT2D eigenvalue weighted by Crippen LogP contribution is 2.24. The summed E-state index contributed by atoms with van der Waals surface area (Å²) in [5.74, 6) is 0.525. The summed E-state index contributed by atoms with van der Waals surface area (Å²) in [7, 11) is 0. The Kier molecular flexibility index (Phi) is 2.74. The van der Waals surface area contributed by atoms with E-state index in [4.69, 9.17) is 5.73 Å². The lowest BCUT2D eigenvalue weighted by Gasteiger charge is -2.12. The molecule has 2 N–H and O–H groups in total. The van der Waals surface area contributed by atoms with Crippen molar-refractivity contribution < 1.29 is 0 Å². The SMILES string of the molecule is CCc1cccc(C(C)C)c1N. The van der Waals surface area contributed by atoms with Crippen LogP contribution in [0.1, 0.15) is 37.8 Å². The van der Waals surface area contributed by atoms with Gasteiger partial charge in [0.25, 0.3) is 0 Å². The number of nitrogens with two attached hydrogens (primary N) is 1. The molecule has 1 heteroatoms. The maximum absolute atomic E-state index is 5.99. The van der Waals surface area contributed by atoms with Crippen molar-refractivity contribution in [3.63, 3.8) is 0 Å². The summed E-state index contributed by atoms with van der Waals surface area (Å²) in [6.07, 6.45) is 1.02. The molecule has 0 saturated heterocycles. The predicted molar refractivity (Wildman–Crippen MR) is 54.3 cm³/mol. The molecule has 0 radical (unpaired) electrons.